The Balaban J connectivity index is 2.15. The third-order valence-corrected chi connectivity index (χ3v) is 3.97. The molecular formula is C19H21FN2O. The highest BCUT2D eigenvalue weighted by atomic mass is 19.1. The smallest absolute Gasteiger partial charge is 0.123 e. The molecule has 1 atom stereocenters. The van der Waals surface area contributed by atoms with E-state index in [-0.39, 0.29) is 18.5 Å². The molecule has 23 heavy (non-hydrogen) atoms. The molecule has 0 bridgehead atoms. The Hall–Kier alpha value is -2.22. The van der Waals surface area contributed by atoms with E-state index in [4.69, 9.17) is 5.26 Å². The van der Waals surface area contributed by atoms with E-state index in [1.165, 1.54) is 12.1 Å². The molecule has 0 aliphatic heterocycles. The van der Waals surface area contributed by atoms with E-state index in [2.05, 4.69) is 11.0 Å². The number of benzene rings is 2. The monoisotopic (exact) mass is 312 g/mol. The number of hydrogen-bond donors (Lipinski definition) is 1. The predicted octanol–water partition coefficient (Wildman–Crippen LogP) is 3.47. The van der Waals surface area contributed by atoms with Gasteiger partial charge in [-0.2, -0.15) is 5.26 Å². The van der Waals surface area contributed by atoms with E-state index in [0.717, 1.165) is 17.5 Å². The van der Waals surface area contributed by atoms with Crippen molar-refractivity contribution in [3.05, 3.63) is 71.0 Å². The largest absolute Gasteiger partial charge is 0.395 e. The average Bonchev–Trinajstić information content (AvgIpc) is 2.58. The van der Waals surface area contributed by atoms with Gasteiger partial charge in [0.15, 0.2) is 0 Å². The SMILES string of the molecule is CC[C@@H](CO)N(Cc1ccc(F)cc1)Cc1ccc(C#N)cc1. The number of aliphatic hydroxyl groups is 1. The molecule has 0 radical (unpaired) electrons. The summed E-state index contributed by atoms with van der Waals surface area (Å²) in [5, 5.41) is 18.5. The Morgan fingerprint density at radius 3 is 2.00 bits per heavy atom. The Morgan fingerprint density at radius 1 is 1.04 bits per heavy atom. The molecule has 3 nitrogen and oxygen atoms in total. The molecular weight excluding hydrogens is 291 g/mol. The summed E-state index contributed by atoms with van der Waals surface area (Å²) in [5.41, 5.74) is 2.72. The minimum atomic E-state index is -0.249. The molecule has 0 fully saturated rings. The Kier molecular flexibility index (Phi) is 6.28. The maximum Gasteiger partial charge on any atom is 0.123 e. The summed E-state index contributed by atoms with van der Waals surface area (Å²) < 4.78 is 13.1. The van der Waals surface area contributed by atoms with Crippen molar-refractivity contribution in [3.63, 3.8) is 0 Å². The summed E-state index contributed by atoms with van der Waals surface area (Å²) in [4.78, 5) is 2.18. The van der Waals surface area contributed by atoms with Crippen LogP contribution >= 0.6 is 0 Å². The Labute approximate surface area is 136 Å². The van der Waals surface area contributed by atoms with Crippen molar-refractivity contribution in [2.24, 2.45) is 0 Å². The van der Waals surface area contributed by atoms with Crippen molar-refractivity contribution < 1.29 is 9.50 Å². The van der Waals surface area contributed by atoms with Gasteiger partial charge in [-0.15, -0.1) is 0 Å². The number of halogens is 1. The molecule has 0 spiro atoms. The molecule has 1 N–H and O–H groups in total. The standard InChI is InChI=1S/C19H21FN2O/c1-2-19(14-23)22(13-17-7-9-18(20)10-8-17)12-16-5-3-15(11-21)4-6-16/h3-10,19,23H,2,12-14H2,1H3/t19-/m0/s1. The highest BCUT2D eigenvalue weighted by molar-refractivity contribution is 5.31. The van der Waals surface area contributed by atoms with Crippen LogP contribution in [-0.2, 0) is 13.1 Å². The van der Waals surface area contributed by atoms with Gasteiger partial charge in [0.1, 0.15) is 5.82 Å². The van der Waals surface area contributed by atoms with Crippen LogP contribution in [0.1, 0.15) is 30.0 Å². The minimum Gasteiger partial charge on any atom is -0.395 e. The van der Waals surface area contributed by atoms with Crippen molar-refractivity contribution in [3.8, 4) is 6.07 Å². The second kappa shape index (κ2) is 8.42. The van der Waals surface area contributed by atoms with Gasteiger partial charge in [-0.1, -0.05) is 31.2 Å². The van der Waals surface area contributed by atoms with Crippen LogP contribution in [0.4, 0.5) is 4.39 Å². The zero-order valence-corrected chi connectivity index (χ0v) is 13.2. The third-order valence-electron chi connectivity index (χ3n) is 3.97. The van der Waals surface area contributed by atoms with Gasteiger partial charge < -0.3 is 5.11 Å². The predicted molar refractivity (Wildman–Crippen MR) is 88.0 cm³/mol. The molecule has 2 aromatic rings. The fraction of sp³-hybridized carbons (Fsp3) is 0.316. The van der Waals surface area contributed by atoms with Crippen molar-refractivity contribution in [1.82, 2.24) is 4.90 Å². The molecule has 0 aliphatic carbocycles. The van der Waals surface area contributed by atoms with E-state index >= 15 is 0 Å². The molecule has 2 rings (SSSR count). The number of nitrogens with zero attached hydrogens (tertiary/aromatic N) is 2. The van der Waals surface area contributed by atoms with Crippen LogP contribution in [0.15, 0.2) is 48.5 Å². The first-order valence-electron chi connectivity index (χ1n) is 7.74. The lowest BCUT2D eigenvalue weighted by Crippen LogP contribution is -2.36. The van der Waals surface area contributed by atoms with Gasteiger partial charge in [-0.05, 0) is 41.8 Å². The lowest BCUT2D eigenvalue weighted by Gasteiger charge is -2.30. The fourth-order valence-electron chi connectivity index (χ4n) is 2.56. The van der Waals surface area contributed by atoms with Gasteiger partial charge in [0.05, 0.1) is 18.2 Å². The minimum absolute atomic E-state index is 0.0377. The summed E-state index contributed by atoms with van der Waals surface area (Å²) >= 11 is 0. The molecule has 2 aromatic carbocycles. The summed E-state index contributed by atoms with van der Waals surface area (Å²) in [6.07, 6.45) is 0.827. The van der Waals surface area contributed by atoms with Crippen LogP contribution < -0.4 is 0 Å². The van der Waals surface area contributed by atoms with Crippen molar-refractivity contribution in [2.45, 2.75) is 32.5 Å². The first-order valence-corrected chi connectivity index (χ1v) is 7.74. The van der Waals surface area contributed by atoms with E-state index in [1.807, 2.05) is 19.1 Å². The molecule has 0 heterocycles. The number of aliphatic hydroxyl groups excluding tert-OH is 1. The van der Waals surface area contributed by atoms with Gasteiger partial charge in [0.2, 0.25) is 0 Å². The fourth-order valence-corrected chi connectivity index (χ4v) is 2.56. The number of hydrogen-bond acceptors (Lipinski definition) is 3. The molecule has 120 valence electrons. The molecule has 4 heteroatoms. The van der Waals surface area contributed by atoms with Crippen LogP contribution in [0.5, 0.6) is 0 Å². The Morgan fingerprint density at radius 2 is 1.57 bits per heavy atom. The number of rotatable bonds is 7. The van der Waals surface area contributed by atoms with Gasteiger partial charge in [-0.25, -0.2) is 4.39 Å². The van der Waals surface area contributed by atoms with E-state index in [1.54, 1.807) is 24.3 Å². The highest BCUT2D eigenvalue weighted by Crippen LogP contribution is 2.16. The van der Waals surface area contributed by atoms with Crippen LogP contribution in [0.25, 0.3) is 0 Å². The first-order chi connectivity index (χ1) is 11.2. The normalized spacial score (nSPS) is 12.1. The maximum absolute atomic E-state index is 13.1. The zero-order valence-electron chi connectivity index (χ0n) is 13.2. The van der Waals surface area contributed by atoms with E-state index < -0.39 is 0 Å². The lowest BCUT2D eigenvalue weighted by molar-refractivity contribution is 0.107. The third kappa shape index (κ3) is 4.88. The van der Waals surface area contributed by atoms with Gasteiger partial charge in [0.25, 0.3) is 0 Å². The van der Waals surface area contributed by atoms with Crippen molar-refractivity contribution in [1.29, 1.82) is 5.26 Å². The van der Waals surface area contributed by atoms with Crippen LogP contribution in [-0.4, -0.2) is 22.7 Å². The quantitative estimate of drug-likeness (QED) is 0.851. The first kappa shape index (κ1) is 17.1. The molecule has 0 saturated heterocycles. The second-order valence-corrected chi connectivity index (χ2v) is 5.58. The lowest BCUT2D eigenvalue weighted by atomic mass is 10.1. The van der Waals surface area contributed by atoms with Gasteiger partial charge >= 0.3 is 0 Å². The molecule has 0 unspecified atom stereocenters. The topological polar surface area (TPSA) is 47.3 Å². The summed E-state index contributed by atoms with van der Waals surface area (Å²) in [6.45, 7) is 3.42. The van der Waals surface area contributed by atoms with Crippen LogP contribution in [0.2, 0.25) is 0 Å². The maximum atomic E-state index is 13.1. The second-order valence-electron chi connectivity index (χ2n) is 5.58. The molecule has 0 saturated carbocycles. The number of nitriles is 1. The Bertz CT molecular complexity index is 643. The average molecular weight is 312 g/mol. The van der Waals surface area contributed by atoms with Gasteiger partial charge in [0, 0.05) is 19.1 Å². The summed E-state index contributed by atoms with van der Waals surface area (Å²) in [6, 6.07) is 16.0. The van der Waals surface area contributed by atoms with Crippen LogP contribution in [0.3, 0.4) is 0 Å². The van der Waals surface area contributed by atoms with E-state index in [9.17, 15) is 9.50 Å². The summed E-state index contributed by atoms with van der Waals surface area (Å²) in [5.74, 6) is -0.249. The highest BCUT2D eigenvalue weighted by Gasteiger charge is 2.17. The molecule has 0 aliphatic rings. The van der Waals surface area contributed by atoms with Crippen molar-refractivity contribution in [2.75, 3.05) is 6.61 Å². The summed E-state index contributed by atoms with van der Waals surface area (Å²) in [7, 11) is 0. The van der Waals surface area contributed by atoms with E-state index in [0.29, 0.717) is 18.7 Å². The van der Waals surface area contributed by atoms with Crippen molar-refractivity contribution >= 4 is 0 Å². The zero-order chi connectivity index (χ0) is 16.7. The van der Waals surface area contributed by atoms with Crippen LogP contribution in [0, 0.1) is 17.1 Å². The molecule has 0 amide bonds. The molecule has 0 aromatic heterocycles. The van der Waals surface area contributed by atoms with Gasteiger partial charge in [-0.3, -0.25) is 4.90 Å².